The first-order valence-electron chi connectivity index (χ1n) is 14.4. The van der Waals surface area contributed by atoms with Crippen LogP contribution in [-0.2, 0) is 4.74 Å². The molecule has 0 bridgehead atoms. The Hall–Kier alpha value is -4.40. The van der Waals surface area contributed by atoms with Crippen LogP contribution in [0.25, 0.3) is 21.5 Å². The number of hydrogen-bond acceptors (Lipinski definition) is 6. The van der Waals surface area contributed by atoms with Crippen LogP contribution in [0.5, 0.6) is 0 Å². The van der Waals surface area contributed by atoms with Crippen LogP contribution in [0.1, 0.15) is 61.7 Å². The monoisotopic (exact) mass is 563 g/mol. The molecule has 0 aliphatic carbocycles. The van der Waals surface area contributed by atoms with Crippen molar-refractivity contribution in [2.24, 2.45) is 0 Å². The van der Waals surface area contributed by atoms with Gasteiger partial charge >= 0.3 is 0 Å². The minimum Gasteiger partial charge on any atom is -0.380 e. The molecule has 8 nitrogen and oxygen atoms in total. The molecule has 0 fully saturated rings. The fourth-order valence-electron chi connectivity index (χ4n) is 6.05. The van der Waals surface area contributed by atoms with Crippen molar-refractivity contribution in [1.29, 1.82) is 0 Å². The highest BCUT2D eigenvalue weighted by Gasteiger charge is 2.33. The molecule has 4 aromatic carbocycles. The number of amides is 4. The number of nitrogens with zero attached hydrogens (tertiary/aromatic N) is 3. The van der Waals surface area contributed by atoms with E-state index in [1.807, 2.05) is 48.5 Å². The van der Waals surface area contributed by atoms with E-state index in [1.165, 1.54) is 9.80 Å². The maximum atomic E-state index is 13.2. The zero-order valence-electron chi connectivity index (χ0n) is 23.8. The normalized spacial score (nSPS) is 14.8. The van der Waals surface area contributed by atoms with Crippen LogP contribution in [0.3, 0.4) is 0 Å². The largest absolute Gasteiger partial charge is 0.380 e. The van der Waals surface area contributed by atoms with E-state index >= 15 is 0 Å². The van der Waals surface area contributed by atoms with Gasteiger partial charge in [0.2, 0.25) is 0 Å². The van der Waals surface area contributed by atoms with Gasteiger partial charge in [-0.15, -0.1) is 0 Å². The molecule has 42 heavy (non-hydrogen) atoms. The molecular formula is C34H33N3O5. The standard InChI is InChI=1S/C34H33N3O5/c1-22(2)35(17-18-36-31(38)25-12-3-8-23-9-4-13-26(29(23)25)32(36)39)16-7-20-42-21-19-37-33(40)27-14-5-10-24-11-6-15-28(30(24)27)34(37)41/h3-6,8-15,22H,7,16-21H2,1-2H3. The lowest BCUT2D eigenvalue weighted by Crippen LogP contribution is -2.46. The molecule has 0 saturated carbocycles. The Morgan fingerprint density at radius 3 is 1.45 bits per heavy atom. The number of ether oxygens (including phenoxy) is 1. The number of imide groups is 2. The van der Waals surface area contributed by atoms with Crippen molar-refractivity contribution in [3.63, 3.8) is 0 Å². The molecule has 0 saturated heterocycles. The third-order valence-corrected chi connectivity index (χ3v) is 8.25. The van der Waals surface area contributed by atoms with Gasteiger partial charge in [0.25, 0.3) is 23.6 Å². The molecule has 0 unspecified atom stereocenters. The van der Waals surface area contributed by atoms with E-state index in [-0.39, 0.29) is 42.8 Å². The van der Waals surface area contributed by atoms with E-state index in [9.17, 15) is 19.2 Å². The smallest absolute Gasteiger partial charge is 0.261 e. The van der Waals surface area contributed by atoms with Gasteiger partial charge in [-0.2, -0.15) is 0 Å². The quantitative estimate of drug-likeness (QED) is 0.189. The molecule has 6 rings (SSSR count). The molecule has 8 heteroatoms. The Bertz CT molecular complexity index is 1630. The molecule has 0 atom stereocenters. The Morgan fingerprint density at radius 2 is 1.02 bits per heavy atom. The third kappa shape index (κ3) is 4.86. The lowest BCUT2D eigenvalue weighted by Gasteiger charge is -2.31. The number of benzene rings is 4. The van der Waals surface area contributed by atoms with Gasteiger partial charge in [0.1, 0.15) is 0 Å². The van der Waals surface area contributed by atoms with Crippen LogP contribution in [0.4, 0.5) is 0 Å². The minimum absolute atomic E-state index is 0.184. The summed E-state index contributed by atoms with van der Waals surface area (Å²) in [6.45, 7) is 6.64. The van der Waals surface area contributed by atoms with Crippen LogP contribution >= 0.6 is 0 Å². The highest BCUT2D eigenvalue weighted by Crippen LogP contribution is 2.31. The predicted octanol–water partition coefficient (Wildman–Crippen LogP) is 5.00. The summed E-state index contributed by atoms with van der Waals surface area (Å²) >= 11 is 0. The van der Waals surface area contributed by atoms with Crippen molar-refractivity contribution in [1.82, 2.24) is 14.7 Å². The van der Waals surface area contributed by atoms with E-state index < -0.39 is 0 Å². The summed E-state index contributed by atoms with van der Waals surface area (Å²) in [5.41, 5.74) is 2.22. The van der Waals surface area contributed by atoms with Crippen LogP contribution in [0.15, 0.2) is 72.8 Å². The van der Waals surface area contributed by atoms with Gasteiger partial charge in [-0.25, -0.2) is 0 Å². The molecule has 2 aliphatic rings. The van der Waals surface area contributed by atoms with Crippen molar-refractivity contribution in [3.05, 3.63) is 95.1 Å². The van der Waals surface area contributed by atoms with Gasteiger partial charge in [-0.05, 0) is 55.3 Å². The molecule has 0 N–H and O–H groups in total. The second kappa shape index (κ2) is 11.5. The van der Waals surface area contributed by atoms with Crippen molar-refractivity contribution in [2.75, 3.05) is 39.4 Å². The number of carbonyl (C=O) groups excluding carboxylic acids is 4. The maximum absolute atomic E-state index is 13.2. The lowest BCUT2D eigenvalue weighted by molar-refractivity contribution is 0.0508. The Balaban J connectivity index is 0.999. The predicted molar refractivity (Wildman–Crippen MR) is 161 cm³/mol. The van der Waals surface area contributed by atoms with E-state index in [4.69, 9.17) is 4.74 Å². The molecule has 2 aliphatic heterocycles. The van der Waals surface area contributed by atoms with E-state index in [1.54, 1.807) is 24.3 Å². The van der Waals surface area contributed by atoms with Crippen LogP contribution in [-0.4, -0.2) is 83.8 Å². The molecule has 0 spiro atoms. The highest BCUT2D eigenvalue weighted by atomic mass is 16.5. The highest BCUT2D eigenvalue weighted by molar-refractivity contribution is 6.26. The van der Waals surface area contributed by atoms with Crippen LogP contribution in [0.2, 0.25) is 0 Å². The summed E-state index contributed by atoms with van der Waals surface area (Å²) in [5.74, 6) is -1.09. The summed E-state index contributed by atoms with van der Waals surface area (Å²) in [6.07, 6.45) is 0.728. The van der Waals surface area contributed by atoms with E-state index in [0.29, 0.717) is 42.0 Å². The topological polar surface area (TPSA) is 87.2 Å². The van der Waals surface area contributed by atoms with Crippen LogP contribution in [0, 0.1) is 0 Å². The Morgan fingerprint density at radius 1 is 0.595 bits per heavy atom. The van der Waals surface area contributed by atoms with Crippen LogP contribution < -0.4 is 0 Å². The fraction of sp³-hybridized carbons (Fsp3) is 0.294. The number of carbonyl (C=O) groups is 4. The molecular weight excluding hydrogens is 530 g/mol. The minimum atomic E-state index is -0.292. The number of rotatable bonds is 11. The molecule has 4 amide bonds. The van der Waals surface area contributed by atoms with Crippen molar-refractivity contribution in [3.8, 4) is 0 Å². The van der Waals surface area contributed by atoms with E-state index in [2.05, 4.69) is 18.7 Å². The lowest BCUT2D eigenvalue weighted by atomic mass is 9.94. The van der Waals surface area contributed by atoms with Gasteiger partial charge in [-0.1, -0.05) is 48.5 Å². The van der Waals surface area contributed by atoms with Gasteiger partial charge < -0.3 is 4.74 Å². The van der Waals surface area contributed by atoms with Gasteiger partial charge in [0.15, 0.2) is 0 Å². The summed E-state index contributed by atoms with van der Waals surface area (Å²) in [5, 5.41) is 3.23. The van der Waals surface area contributed by atoms with Gasteiger partial charge in [0, 0.05) is 65.3 Å². The molecule has 2 heterocycles. The molecule has 0 aromatic heterocycles. The first-order valence-corrected chi connectivity index (χ1v) is 14.4. The van der Waals surface area contributed by atoms with Gasteiger partial charge in [-0.3, -0.25) is 33.9 Å². The second-order valence-corrected chi connectivity index (χ2v) is 11.0. The average Bonchev–Trinajstić information content (AvgIpc) is 3.00. The zero-order chi connectivity index (χ0) is 29.4. The SMILES string of the molecule is CC(C)N(CCCOCCN1C(=O)c2cccc3cccc(c23)C1=O)CCN1C(=O)c2cccc3cccc(c23)C1=O. The summed E-state index contributed by atoms with van der Waals surface area (Å²) < 4.78 is 5.83. The molecule has 4 aromatic rings. The summed E-state index contributed by atoms with van der Waals surface area (Å²) in [4.78, 5) is 57.4. The van der Waals surface area contributed by atoms with Crippen molar-refractivity contribution in [2.45, 2.75) is 26.3 Å². The first kappa shape index (κ1) is 27.8. The summed E-state index contributed by atoms with van der Waals surface area (Å²) in [6, 6.07) is 22.3. The zero-order valence-corrected chi connectivity index (χ0v) is 23.8. The van der Waals surface area contributed by atoms with Gasteiger partial charge in [0.05, 0.1) is 13.2 Å². The third-order valence-electron chi connectivity index (χ3n) is 8.25. The summed E-state index contributed by atoms with van der Waals surface area (Å²) in [7, 11) is 0. The molecule has 214 valence electrons. The number of hydrogen-bond donors (Lipinski definition) is 0. The molecule has 0 radical (unpaired) electrons. The van der Waals surface area contributed by atoms with Crippen molar-refractivity contribution < 1.29 is 23.9 Å². The average molecular weight is 564 g/mol. The second-order valence-electron chi connectivity index (χ2n) is 11.0. The van der Waals surface area contributed by atoms with E-state index in [0.717, 1.165) is 34.5 Å². The Kier molecular flexibility index (Phi) is 7.58. The fourth-order valence-corrected chi connectivity index (χ4v) is 6.05. The first-order chi connectivity index (χ1) is 20.4. The maximum Gasteiger partial charge on any atom is 0.261 e. The Labute approximate surface area is 244 Å². The van der Waals surface area contributed by atoms with Crippen molar-refractivity contribution >= 4 is 45.2 Å².